The maximum Gasteiger partial charge on any atom is 0.344 e. The molecule has 2 fully saturated rings. The van der Waals surface area contributed by atoms with E-state index >= 15 is 0 Å². The summed E-state index contributed by atoms with van der Waals surface area (Å²) in [6.45, 7) is 2.78. The third-order valence-corrected chi connectivity index (χ3v) is 6.77. The molecule has 2 aliphatic heterocycles. The van der Waals surface area contributed by atoms with Crippen LogP contribution in [0.15, 0.2) is 17.0 Å². The van der Waals surface area contributed by atoms with E-state index < -0.39 is 17.1 Å². The van der Waals surface area contributed by atoms with E-state index in [2.05, 4.69) is 0 Å². The summed E-state index contributed by atoms with van der Waals surface area (Å²) >= 11 is 2.84. The van der Waals surface area contributed by atoms with Gasteiger partial charge >= 0.3 is 5.97 Å². The molecule has 0 saturated carbocycles. The lowest BCUT2D eigenvalue weighted by molar-refractivity contribution is -0.145. The van der Waals surface area contributed by atoms with Gasteiger partial charge < -0.3 is 19.1 Å². The Morgan fingerprint density at radius 3 is 2.58 bits per heavy atom. The third kappa shape index (κ3) is 6.40. The molecule has 0 spiro atoms. The first-order valence-corrected chi connectivity index (χ1v) is 12.4. The molecule has 2 heterocycles. The minimum atomic E-state index is -0.494. The molecule has 11 heteroatoms. The predicted molar refractivity (Wildman–Crippen MR) is 131 cm³/mol. The first kappa shape index (κ1) is 25.3. The van der Waals surface area contributed by atoms with Gasteiger partial charge in [-0.05, 0) is 84.3 Å². The topological polar surface area (TPSA) is 102 Å². The maximum absolute atomic E-state index is 12.8. The number of hydrogen-bond donors (Lipinski definition) is 0. The predicted octanol–water partition coefficient (Wildman–Crippen LogP) is 3.29. The van der Waals surface area contributed by atoms with Gasteiger partial charge in [0.1, 0.15) is 6.54 Å². The number of rotatable bonds is 8. The summed E-state index contributed by atoms with van der Waals surface area (Å²) in [7, 11) is 1.46. The Morgan fingerprint density at radius 1 is 1.18 bits per heavy atom. The fraction of sp³-hybridized carbons (Fsp3) is 0.455. The summed E-state index contributed by atoms with van der Waals surface area (Å²) in [4.78, 5) is 52.3. The number of nitrogens with zero attached hydrogens (tertiary/aromatic N) is 2. The molecule has 1 aromatic carbocycles. The molecule has 0 N–H and O–H groups in total. The molecule has 2 aliphatic rings. The van der Waals surface area contributed by atoms with Crippen LogP contribution in [0.5, 0.6) is 11.5 Å². The van der Waals surface area contributed by atoms with E-state index in [9.17, 15) is 19.2 Å². The van der Waals surface area contributed by atoms with Crippen molar-refractivity contribution in [1.29, 1.82) is 0 Å². The summed E-state index contributed by atoms with van der Waals surface area (Å²) in [6, 6.07) is 3.39. The Balaban J connectivity index is 1.73. The first-order chi connectivity index (χ1) is 15.8. The van der Waals surface area contributed by atoms with E-state index in [0.717, 1.165) is 35.9 Å². The Hall–Kier alpha value is -2.28. The van der Waals surface area contributed by atoms with Crippen LogP contribution in [-0.2, 0) is 19.1 Å². The van der Waals surface area contributed by atoms with E-state index in [-0.39, 0.29) is 30.6 Å². The lowest BCUT2D eigenvalue weighted by Crippen LogP contribution is -2.44. The van der Waals surface area contributed by atoms with E-state index in [1.807, 2.05) is 22.6 Å². The Kier molecular flexibility index (Phi) is 9.01. The number of carbonyl (C=O) groups is 4. The SMILES string of the molecule is CCOC(=O)COc1c(I)cc(/C=C2\SC(=O)N(CC(=O)N3CCCCC3)C2=O)cc1OC. The van der Waals surface area contributed by atoms with E-state index in [4.69, 9.17) is 14.2 Å². The number of ether oxygens (including phenoxy) is 3. The van der Waals surface area contributed by atoms with Gasteiger partial charge in [0.2, 0.25) is 5.91 Å². The van der Waals surface area contributed by atoms with E-state index in [1.54, 1.807) is 30.0 Å². The third-order valence-electron chi connectivity index (χ3n) is 5.06. The van der Waals surface area contributed by atoms with Crippen LogP contribution in [0.1, 0.15) is 31.7 Å². The normalized spacial score (nSPS) is 17.5. The number of benzene rings is 1. The van der Waals surface area contributed by atoms with E-state index in [1.165, 1.54) is 7.11 Å². The summed E-state index contributed by atoms with van der Waals surface area (Å²) in [5.41, 5.74) is 0.618. The number of likely N-dealkylation sites (tertiary alicyclic amines) is 1. The molecule has 1 aromatic rings. The van der Waals surface area contributed by atoms with Crippen molar-refractivity contribution in [3.8, 4) is 11.5 Å². The number of amides is 3. The summed E-state index contributed by atoms with van der Waals surface area (Å²) in [6.07, 6.45) is 4.54. The molecule has 2 saturated heterocycles. The fourth-order valence-electron chi connectivity index (χ4n) is 3.46. The average molecular weight is 588 g/mol. The van der Waals surface area contributed by atoms with Crippen molar-refractivity contribution in [1.82, 2.24) is 9.80 Å². The van der Waals surface area contributed by atoms with Crippen LogP contribution in [0.4, 0.5) is 4.79 Å². The number of piperidine rings is 1. The maximum atomic E-state index is 12.8. The van der Waals surface area contributed by atoms with Gasteiger partial charge in [0.15, 0.2) is 18.1 Å². The van der Waals surface area contributed by atoms with Gasteiger partial charge in [-0.25, -0.2) is 4.79 Å². The van der Waals surface area contributed by atoms with Crippen molar-refractivity contribution in [3.63, 3.8) is 0 Å². The minimum Gasteiger partial charge on any atom is -0.493 e. The molecule has 3 amide bonds. The molecular weight excluding hydrogens is 563 g/mol. The lowest BCUT2D eigenvalue weighted by Gasteiger charge is -2.27. The van der Waals surface area contributed by atoms with Gasteiger partial charge in [0, 0.05) is 13.1 Å². The van der Waals surface area contributed by atoms with Crippen LogP contribution in [0, 0.1) is 3.57 Å². The zero-order valence-corrected chi connectivity index (χ0v) is 21.4. The second-order valence-corrected chi connectivity index (χ2v) is 9.49. The Morgan fingerprint density at radius 2 is 1.91 bits per heavy atom. The second kappa shape index (κ2) is 11.7. The van der Waals surface area contributed by atoms with Gasteiger partial charge in [0.05, 0.1) is 22.2 Å². The molecule has 0 bridgehead atoms. The highest BCUT2D eigenvalue weighted by Gasteiger charge is 2.37. The summed E-state index contributed by atoms with van der Waals surface area (Å²) in [5.74, 6) is -0.447. The van der Waals surface area contributed by atoms with Crippen LogP contribution in [0.2, 0.25) is 0 Å². The Bertz CT molecular complexity index is 976. The summed E-state index contributed by atoms with van der Waals surface area (Å²) < 4.78 is 16.5. The van der Waals surface area contributed by atoms with Gasteiger partial charge in [0.25, 0.3) is 11.1 Å². The molecule has 33 heavy (non-hydrogen) atoms. The van der Waals surface area contributed by atoms with Crippen molar-refractivity contribution >= 4 is 63.5 Å². The number of thioether (sulfide) groups is 1. The van der Waals surface area contributed by atoms with Crippen LogP contribution in [0.3, 0.4) is 0 Å². The monoisotopic (exact) mass is 588 g/mol. The number of carbonyl (C=O) groups excluding carboxylic acids is 4. The van der Waals surface area contributed by atoms with Crippen LogP contribution >= 0.6 is 34.4 Å². The molecule has 178 valence electrons. The smallest absolute Gasteiger partial charge is 0.344 e. The molecular formula is C22H25IN2O7S. The molecule has 0 unspecified atom stereocenters. The largest absolute Gasteiger partial charge is 0.493 e. The van der Waals surface area contributed by atoms with Crippen molar-refractivity contribution in [2.45, 2.75) is 26.2 Å². The van der Waals surface area contributed by atoms with Gasteiger partial charge in [-0.2, -0.15) is 0 Å². The highest BCUT2D eigenvalue weighted by molar-refractivity contribution is 14.1. The lowest BCUT2D eigenvalue weighted by atomic mass is 10.1. The van der Waals surface area contributed by atoms with Gasteiger partial charge in [-0.3, -0.25) is 19.3 Å². The van der Waals surface area contributed by atoms with Crippen molar-refractivity contribution in [3.05, 3.63) is 26.2 Å². The number of esters is 1. The molecule has 0 radical (unpaired) electrons. The minimum absolute atomic E-state index is 0.211. The zero-order valence-electron chi connectivity index (χ0n) is 18.4. The molecule has 3 rings (SSSR count). The van der Waals surface area contributed by atoms with Crippen LogP contribution < -0.4 is 9.47 Å². The number of halogens is 1. The molecule has 0 atom stereocenters. The molecule has 9 nitrogen and oxygen atoms in total. The second-order valence-electron chi connectivity index (χ2n) is 7.34. The average Bonchev–Trinajstić information content (AvgIpc) is 3.06. The van der Waals surface area contributed by atoms with Crippen molar-refractivity contribution in [2.75, 3.05) is 40.0 Å². The highest BCUT2D eigenvalue weighted by atomic mass is 127. The van der Waals surface area contributed by atoms with Gasteiger partial charge in [-0.15, -0.1) is 0 Å². The van der Waals surface area contributed by atoms with E-state index in [0.29, 0.717) is 33.7 Å². The van der Waals surface area contributed by atoms with Crippen LogP contribution in [-0.4, -0.2) is 72.8 Å². The van der Waals surface area contributed by atoms with Gasteiger partial charge in [-0.1, -0.05) is 0 Å². The van der Waals surface area contributed by atoms with Crippen LogP contribution in [0.25, 0.3) is 6.08 Å². The summed E-state index contributed by atoms with van der Waals surface area (Å²) in [5, 5.41) is -0.465. The number of methoxy groups -OCH3 is 1. The zero-order chi connectivity index (χ0) is 24.0. The molecule has 0 aliphatic carbocycles. The standard InChI is InChI=1S/C22H25IN2O7S/c1-3-31-19(27)13-32-20-15(23)9-14(10-16(20)30-2)11-17-21(28)25(22(29)33-17)12-18(26)24-7-5-4-6-8-24/h9-11H,3-8,12-13H2,1-2H3/b17-11-. The first-order valence-electron chi connectivity index (χ1n) is 10.5. The highest BCUT2D eigenvalue weighted by Crippen LogP contribution is 2.37. The fourth-order valence-corrected chi connectivity index (χ4v) is 5.08. The van der Waals surface area contributed by atoms with Crippen molar-refractivity contribution < 1.29 is 33.4 Å². The molecule has 0 aromatic heterocycles. The quantitative estimate of drug-likeness (QED) is 0.259. The Labute approximate surface area is 209 Å². The van der Waals surface area contributed by atoms with Crippen molar-refractivity contribution in [2.24, 2.45) is 0 Å². The number of imide groups is 1. The number of hydrogen-bond acceptors (Lipinski definition) is 8.